The normalized spacial score (nSPS) is 22.1. The maximum atomic E-state index is 13.0. The molecule has 10 heteroatoms. The molecule has 6 nitrogen and oxygen atoms in total. The van der Waals surface area contributed by atoms with E-state index in [0.717, 1.165) is 10.5 Å². The number of aliphatic carboxylic acids is 1. The third-order valence-corrected chi connectivity index (χ3v) is 4.82. The SMILES string of the molecule is O=C(O)[C@@H]1CN(C(=O)NCc2cc(Cl)cc3c2OCC3)C[C@H]1C(F)(F)F. The fraction of sp³-hybridized carbons (Fsp3) is 0.500. The summed E-state index contributed by atoms with van der Waals surface area (Å²) >= 11 is 6.03. The summed E-state index contributed by atoms with van der Waals surface area (Å²) in [5.74, 6) is -4.69. The highest BCUT2D eigenvalue weighted by molar-refractivity contribution is 6.30. The molecular formula is C16H16ClF3N2O4. The highest BCUT2D eigenvalue weighted by Crippen LogP contribution is 2.38. The van der Waals surface area contributed by atoms with E-state index in [1.54, 1.807) is 12.1 Å². The monoisotopic (exact) mass is 392 g/mol. The largest absolute Gasteiger partial charge is 0.493 e. The number of carbonyl (C=O) groups excluding carboxylic acids is 1. The van der Waals surface area contributed by atoms with Crippen molar-refractivity contribution in [3.05, 3.63) is 28.3 Å². The van der Waals surface area contributed by atoms with Crippen molar-refractivity contribution in [3.63, 3.8) is 0 Å². The van der Waals surface area contributed by atoms with Gasteiger partial charge in [-0.15, -0.1) is 0 Å². The van der Waals surface area contributed by atoms with Crippen LogP contribution in [0.5, 0.6) is 5.75 Å². The van der Waals surface area contributed by atoms with E-state index < -0.39 is 43.1 Å². The van der Waals surface area contributed by atoms with E-state index in [9.17, 15) is 22.8 Å². The predicted molar refractivity (Wildman–Crippen MR) is 85.1 cm³/mol. The van der Waals surface area contributed by atoms with Gasteiger partial charge in [-0.25, -0.2) is 4.79 Å². The Hall–Kier alpha value is -2.16. The molecule has 2 aliphatic rings. The molecular weight excluding hydrogens is 377 g/mol. The molecule has 142 valence electrons. The first-order chi connectivity index (χ1) is 12.2. The second kappa shape index (κ2) is 6.86. The van der Waals surface area contributed by atoms with Crippen molar-refractivity contribution >= 4 is 23.6 Å². The lowest BCUT2D eigenvalue weighted by Gasteiger charge is -2.19. The molecule has 0 saturated carbocycles. The molecule has 0 spiro atoms. The number of fused-ring (bicyclic) bond motifs is 1. The van der Waals surface area contributed by atoms with Crippen LogP contribution in [0.3, 0.4) is 0 Å². The van der Waals surface area contributed by atoms with Gasteiger partial charge >= 0.3 is 18.2 Å². The molecule has 1 fully saturated rings. The summed E-state index contributed by atoms with van der Waals surface area (Å²) in [6, 6.07) is 2.63. The van der Waals surface area contributed by atoms with Crippen LogP contribution in [0.2, 0.25) is 5.02 Å². The van der Waals surface area contributed by atoms with E-state index in [2.05, 4.69) is 5.32 Å². The molecule has 1 saturated heterocycles. The summed E-state index contributed by atoms with van der Waals surface area (Å²) < 4.78 is 44.5. The number of carboxylic acids is 1. The smallest absolute Gasteiger partial charge is 0.394 e. The Morgan fingerprint density at radius 3 is 2.69 bits per heavy atom. The highest BCUT2D eigenvalue weighted by Gasteiger charge is 2.53. The van der Waals surface area contributed by atoms with Crippen LogP contribution in [0.1, 0.15) is 11.1 Å². The Labute approximate surface area is 151 Å². The van der Waals surface area contributed by atoms with Gasteiger partial charge in [-0.3, -0.25) is 4.79 Å². The topological polar surface area (TPSA) is 78.9 Å². The molecule has 1 aromatic carbocycles. The number of urea groups is 1. The lowest BCUT2D eigenvalue weighted by Crippen LogP contribution is -2.39. The number of nitrogens with one attached hydrogen (secondary N) is 1. The third kappa shape index (κ3) is 3.67. The van der Waals surface area contributed by atoms with Gasteiger partial charge in [0.1, 0.15) is 5.75 Å². The number of hydrogen-bond acceptors (Lipinski definition) is 3. The molecule has 0 unspecified atom stereocenters. The van der Waals surface area contributed by atoms with Crippen molar-refractivity contribution in [2.45, 2.75) is 19.1 Å². The van der Waals surface area contributed by atoms with E-state index in [4.69, 9.17) is 21.4 Å². The molecule has 0 radical (unpaired) electrons. The molecule has 2 N–H and O–H groups in total. The zero-order valence-corrected chi connectivity index (χ0v) is 14.2. The van der Waals surface area contributed by atoms with Crippen LogP contribution in [0.15, 0.2) is 12.1 Å². The number of benzene rings is 1. The second-order valence-electron chi connectivity index (χ2n) is 6.31. The molecule has 1 aromatic rings. The van der Waals surface area contributed by atoms with Crippen LogP contribution in [0.4, 0.5) is 18.0 Å². The van der Waals surface area contributed by atoms with Gasteiger partial charge in [-0.1, -0.05) is 11.6 Å². The van der Waals surface area contributed by atoms with Crippen LogP contribution in [-0.2, 0) is 17.8 Å². The minimum Gasteiger partial charge on any atom is -0.493 e. The number of carboxylic acid groups (broad SMARTS) is 1. The lowest BCUT2D eigenvalue weighted by atomic mass is 9.96. The number of amides is 2. The fourth-order valence-corrected chi connectivity index (χ4v) is 3.57. The average Bonchev–Trinajstić information content (AvgIpc) is 3.18. The van der Waals surface area contributed by atoms with Crippen molar-refractivity contribution in [2.75, 3.05) is 19.7 Å². The number of rotatable bonds is 3. The van der Waals surface area contributed by atoms with Crippen molar-refractivity contribution < 1.29 is 32.6 Å². The van der Waals surface area contributed by atoms with Crippen LogP contribution < -0.4 is 10.1 Å². The van der Waals surface area contributed by atoms with Crippen LogP contribution in [-0.4, -0.2) is 47.9 Å². The standard InChI is InChI=1S/C16H16ClF3N2O4/c17-10-3-8-1-2-26-13(8)9(4-10)5-21-15(25)22-6-11(14(23)24)12(7-22)16(18,19)20/h3-4,11-12H,1-2,5-7H2,(H,21,25)(H,23,24)/t11-,12-/m1/s1. The van der Waals surface area contributed by atoms with Crippen molar-refractivity contribution in [2.24, 2.45) is 11.8 Å². The van der Waals surface area contributed by atoms with E-state index in [1.165, 1.54) is 0 Å². The van der Waals surface area contributed by atoms with Crippen molar-refractivity contribution in [1.29, 1.82) is 0 Å². The fourth-order valence-electron chi connectivity index (χ4n) is 3.31. The van der Waals surface area contributed by atoms with Gasteiger partial charge in [0.15, 0.2) is 0 Å². The van der Waals surface area contributed by atoms with Crippen LogP contribution in [0.25, 0.3) is 0 Å². The molecule has 2 heterocycles. The summed E-state index contributed by atoms with van der Waals surface area (Å²) in [5, 5.41) is 12.0. The minimum absolute atomic E-state index is 0.0205. The number of hydrogen-bond donors (Lipinski definition) is 2. The van der Waals surface area contributed by atoms with Crippen molar-refractivity contribution in [3.8, 4) is 5.75 Å². The molecule has 26 heavy (non-hydrogen) atoms. The molecule has 2 amide bonds. The molecule has 0 aliphatic carbocycles. The van der Waals surface area contributed by atoms with Gasteiger partial charge in [0.05, 0.1) is 18.4 Å². The summed E-state index contributed by atoms with van der Waals surface area (Å²) in [5.41, 5.74) is 1.53. The van der Waals surface area contributed by atoms with E-state index in [0.29, 0.717) is 29.4 Å². The van der Waals surface area contributed by atoms with E-state index >= 15 is 0 Å². The maximum absolute atomic E-state index is 13.0. The molecule has 0 aromatic heterocycles. The summed E-state index contributed by atoms with van der Waals surface area (Å²) in [4.78, 5) is 24.2. The minimum atomic E-state index is -4.68. The summed E-state index contributed by atoms with van der Waals surface area (Å²) in [7, 11) is 0. The first-order valence-electron chi connectivity index (χ1n) is 7.93. The first kappa shape index (κ1) is 18.6. The molecule has 0 bridgehead atoms. The number of alkyl halides is 3. The van der Waals surface area contributed by atoms with Gasteiger partial charge in [0, 0.05) is 36.6 Å². The Balaban J connectivity index is 1.67. The summed E-state index contributed by atoms with van der Waals surface area (Å²) in [6.45, 7) is -0.658. The van der Waals surface area contributed by atoms with Crippen LogP contribution >= 0.6 is 11.6 Å². The summed E-state index contributed by atoms with van der Waals surface area (Å²) in [6.07, 6.45) is -3.99. The number of likely N-dealkylation sites (tertiary alicyclic amines) is 1. The number of nitrogens with zero attached hydrogens (tertiary/aromatic N) is 1. The molecule has 3 rings (SSSR count). The Kier molecular flexibility index (Phi) is 4.92. The Bertz CT molecular complexity index is 741. The number of halogens is 4. The van der Waals surface area contributed by atoms with Gasteiger partial charge < -0.3 is 20.1 Å². The van der Waals surface area contributed by atoms with Crippen LogP contribution in [0, 0.1) is 11.8 Å². The van der Waals surface area contributed by atoms with Crippen molar-refractivity contribution in [1.82, 2.24) is 10.2 Å². The number of carbonyl (C=O) groups is 2. The Morgan fingerprint density at radius 1 is 1.35 bits per heavy atom. The first-order valence-corrected chi connectivity index (χ1v) is 8.31. The second-order valence-corrected chi connectivity index (χ2v) is 6.74. The highest BCUT2D eigenvalue weighted by atomic mass is 35.5. The quantitative estimate of drug-likeness (QED) is 0.829. The molecule has 2 aliphatic heterocycles. The third-order valence-electron chi connectivity index (χ3n) is 4.60. The maximum Gasteiger partial charge on any atom is 0.394 e. The predicted octanol–water partition coefficient (Wildman–Crippen LogP) is 2.68. The number of ether oxygens (including phenoxy) is 1. The van der Waals surface area contributed by atoms with Gasteiger partial charge in [-0.2, -0.15) is 13.2 Å². The lowest BCUT2D eigenvalue weighted by molar-refractivity contribution is -0.187. The van der Waals surface area contributed by atoms with Gasteiger partial charge in [-0.05, 0) is 17.7 Å². The van der Waals surface area contributed by atoms with Gasteiger partial charge in [0.25, 0.3) is 0 Å². The molecule has 2 atom stereocenters. The van der Waals surface area contributed by atoms with E-state index in [1.807, 2.05) is 0 Å². The zero-order chi connectivity index (χ0) is 19.1. The average molecular weight is 393 g/mol. The zero-order valence-electron chi connectivity index (χ0n) is 13.5. The van der Waals surface area contributed by atoms with E-state index in [-0.39, 0.29) is 6.54 Å². The Morgan fingerprint density at radius 2 is 2.08 bits per heavy atom. The van der Waals surface area contributed by atoms with Gasteiger partial charge in [0.2, 0.25) is 0 Å².